The van der Waals surface area contributed by atoms with Crippen LogP contribution in [0.5, 0.6) is 0 Å². The summed E-state index contributed by atoms with van der Waals surface area (Å²) in [6.45, 7) is 7.93. The molecule has 0 fully saturated rings. The molecule has 0 heterocycles. The van der Waals surface area contributed by atoms with Gasteiger partial charge in [0, 0.05) is 12.2 Å². The van der Waals surface area contributed by atoms with Crippen LogP contribution in [0, 0.1) is 0 Å². The quantitative estimate of drug-likeness (QED) is 0.344. The topological polar surface area (TPSA) is 55.8 Å². The number of carbonyl (C=O) groups is 2. The fourth-order valence-corrected chi connectivity index (χ4v) is 1.58. The third-order valence-corrected chi connectivity index (χ3v) is 2.81. The molecule has 19 heavy (non-hydrogen) atoms. The van der Waals surface area contributed by atoms with Gasteiger partial charge in [0.1, 0.15) is 0 Å². The van der Waals surface area contributed by atoms with E-state index in [1.165, 1.54) is 7.11 Å². The maximum absolute atomic E-state index is 11.2. The smallest absolute Gasteiger partial charge is 0.331 e. The van der Waals surface area contributed by atoms with Crippen LogP contribution in [0.2, 0.25) is 0 Å². The van der Waals surface area contributed by atoms with Crippen molar-refractivity contribution in [3.63, 3.8) is 0 Å². The largest absolute Gasteiger partial charge is 0.466 e. The lowest BCUT2D eigenvalue weighted by Crippen LogP contribution is -2.23. The van der Waals surface area contributed by atoms with Crippen LogP contribution in [-0.2, 0) is 19.1 Å². The fourth-order valence-electron chi connectivity index (χ4n) is 1.58. The Morgan fingerprint density at radius 3 is 2.21 bits per heavy atom. The molecule has 110 valence electrons. The van der Waals surface area contributed by atoms with Gasteiger partial charge >= 0.3 is 11.9 Å². The van der Waals surface area contributed by atoms with Crippen molar-refractivity contribution in [3.05, 3.63) is 12.2 Å². The van der Waals surface area contributed by atoms with Crippen molar-refractivity contribution in [2.24, 2.45) is 0 Å². The number of nitrogens with zero attached hydrogens (tertiary/aromatic N) is 1. The summed E-state index contributed by atoms with van der Waals surface area (Å²) in [6, 6.07) is 0. The number of carbonyl (C=O) groups excluding carboxylic acids is 2. The number of rotatable bonds is 10. The van der Waals surface area contributed by atoms with Crippen LogP contribution >= 0.6 is 0 Å². The summed E-state index contributed by atoms with van der Waals surface area (Å²) in [7, 11) is 1.26. The monoisotopic (exact) mass is 271 g/mol. The van der Waals surface area contributed by atoms with Gasteiger partial charge in [0.15, 0.2) is 0 Å². The molecular formula is C14H25NO4. The summed E-state index contributed by atoms with van der Waals surface area (Å²) in [4.78, 5) is 24.3. The number of ether oxygens (including phenoxy) is 2. The van der Waals surface area contributed by atoms with E-state index in [1.54, 1.807) is 0 Å². The lowest BCUT2D eigenvalue weighted by atomic mass is 10.2. The molecule has 0 aromatic rings. The molecule has 5 heteroatoms. The maximum Gasteiger partial charge on any atom is 0.331 e. The fraction of sp³-hybridized carbons (Fsp3) is 0.714. The Hall–Kier alpha value is -1.36. The molecule has 0 bridgehead atoms. The molecule has 0 rings (SSSR count). The summed E-state index contributed by atoms with van der Waals surface area (Å²) in [5.74, 6) is -1.06. The van der Waals surface area contributed by atoms with Crippen LogP contribution in [0.4, 0.5) is 0 Å². The Morgan fingerprint density at radius 2 is 1.63 bits per heavy atom. The van der Waals surface area contributed by atoms with E-state index in [4.69, 9.17) is 4.74 Å². The highest BCUT2D eigenvalue weighted by molar-refractivity contribution is 5.91. The minimum absolute atomic E-state index is 0.391. The molecule has 0 aliphatic rings. The van der Waals surface area contributed by atoms with Crippen LogP contribution in [0.25, 0.3) is 0 Å². The Labute approximate surface area is 115 Å². The Bertz CT molecular complexity index is 285. The molecule has 0 saturated heterocycles. The van der Waals surface area contributed by atoms with Gasteiger partial charge in [0.2, 0.25) is 0 Å². The van der Waals surface area contributed by atoms with Gasteiger partial charge in [0.05, 0.1) is 13.7 Å². The average Bonchev–Trinajstić information content (AvgIpc) is 2.44. The molecule has 0 aromatic carbocycles. The molecule has 0 atom stereocenters. The van der Waals surface area contributed by atoms with E-state index >= 15 is 0 Å². The summed E-state index contributed by atoms with van der Waals surface area (Å²) in [6.07, 6.45) is 5.13. The number of hydrogen-bond acceptors (Lipinski definition) is 5. The number of hydrogen-bond donors (Lipinski definition) is 0. The van der Waals surface area contributed by atoms with Crippen LogP contribution in [0.3, 0.4) is 0 Å². The maximum atomic E-state index is 11.2. The minimum atomic E-state index is -0.559. The average molecular weight is 271 g/mol. The van der Waals surface area contributed by atoms with E-state index in [-0.39, 0.29) is 0 Å². The normalized spacial score (nSPS) is 10.9. The highest BCUT2D eigenvalue weighted by atomic mass is 16.5. The molecule has 0 saturated carbocycles. The van der Waals surface area contributed by atoms with Gasteiger partial charge in [-0.05, 0) is 38.9 Å². The third kappa shape index (κ3) is 10.3. The van der Waals surface area contributed by atoms with E-state index in [1.807, 2.05) is 0 Å². The van der Waals surface area contributed by atoms with Gasteiger partial charge in [-0.1, -0.05) is 13.8 Å². The predicted octanol–water partition coefficient (Wildman–Crippen LogP) is 1.77. The van der Waals surface area contributed by atoms with Gasteiger partial charge < -0.3 is 14.4 Å². The second-order valence-corrected chi connectivity index (χ2v) is 4.11. The van der Waals surface area contributed by atoms with Crippen molar-refractivity contribution in [1.29, 1.82) is 0 Å². The molecule has 0 aliphatic carbocycles. The van der Waals surface area contributed by atoms with Gasteiger partial charge in [-0.2, -0.15) is 0 Å². The number of unbranched alkanes of at least 4 members (excludes halogenated alkanes) is 2. The first-order chi connectivity index (χ1) is 9.13. The molecule has 0 aromatic heterocycles. The standard InChI is InChI=1S/C14H25NO4/c1-4-15(5-2)11-7-6-8-12-19-14(17)10-9-13(16)18-3/h9-10H,4-8,11-12H2,1-3H3/b10-9+. The Morgan fingerprint density at radius 1 is 1.00 bits per heavy atom. The van der Waals surface area contributed by atoms with Gasteiger partial charge in [-0.25, -0.2) is 9.59 Å². The van der Waals surface area contributed by atoms with Gasteiger partial charge in [-0.3, -0.25) is 0 Å². The summed E-state index contributed by atoms with van der Waals surface area (Å²) >= 11 is 0. The molecule has 0 N–H and O–H groups in total. The Balaban J connectivity index is 3.51. The van der Waals surface area contributed by atoms with E-state index in [9.17, 15) is 9.59 Å². The zero-order valence-electron chi connectivity index (χ0n) is 12.2. The molecule has 0 unspecified atom stereocenters. The summed E-state index contributed by atoms with van der Waals surface area (Å²) in [5.41, 5.74) is 0. The Kier molecular flexibility index (Phi) is 10.9. The molecule has 0 aliphatic heterocycles. The van der Waals surface area contributed by atoms with Crippen LogP contribution in [-0.4, -0.2) is 50.2 Å². The molecule has 0 spiro atoms. The van der Waals surface area contributed by atoms with E-state index in [0.29, 0.717) is 6.61 Å². The zero-order chi connectivity index (χ0) is 14.5. The lowest BCUT2D eigenvalue weighted by molar-refractivity contribution is -0.139. The number of esters is 2. The van der Waals surface area contributed by atoms with E-state index in [2.05, 4.69) is 23.5 Å². The molecular weight excluding hydrogens is 246 g/mol. The van der Waals surface area contributed by atoms with Crippen molar-refractivity contribution >= 4 is 11.9 Å². The van der Waals surface area contributed by atoms with Crippen LogP contribution in [0.15, 0.2) is 12.2 Å². The first-order valence-electron chi connectivity index (χ1n) is 6.79. The van der Waals surface area contributed by atoms with E-state index < -0.39 is 11.9 Å². The summed E-state index contributed by atoms with van der Waals surface area (Å²) in [5, 5.41) is 0. The summed E-state index contributed by atoms with van der Waals surface area (Å²) < 4.78 is 9.31. The molecule has 5 nitrogen and oxygen atoms in total. The van der Waals surface area contributed by atoms with Gasteiger partial charge in [0.25, 0.3) is 0 Å². The van der Waals surface area contributed by atoms with Crippen molar-refractivity contribution in [3.8, 4) is 0 Å². The predicted molar refractivity (Wildman–Crippen MR) is 73.8 cm³/mol. The van der Waals surface area contributed by atoms with Crippen molar-refractivity contribution < 1.29 is 19.1 Å². The van der Waals surface area contributed by atoms with Crippen molar-refractivity contribution in [1.82, 2.24) is 4.90 Å². The SMILES string of the molecule is CCN(CC)CCCCCOC(=O)/C=C/C(=O)OC. The first-order valence-corrected chi connectivity index (χ1v) is 6.79. The van der Waals surface area contributed by atoms with Crippen LogP contribution in [0.1, 0.15) is 33.1 Å². The van der Waals surface area contributed by atoms with Gasteiger partial charge in [-0.15, -0.1) is 0 Å². The number of methoxy groups -OCH3 is 1. The highest BCUT2D eigenvalue weighted by Crippen LogP contribution is 1.99. The molecule has 0 amide bonds. The lowest BCUT2D eigenvalue weighted by Gasteiger charge is -2.17. The first kappa shape index (κ1) is 17.6. The second kappa shape index (κ2) is 11.7. The van der Waals surface area contributed by atoms with Crippen molar-refractivity contribution in [2.45, 2.75) is 33.1 Å². The minimum Gasteiger partial charge on any atom is -0.466 e. The van der Waals surface area contributed by atoms with Crippen LogP contribution < -0.4 is 0 Å². The zero-order valence-corrected chi connectivity index (χ0v) is 12.2. The second-order valence-electron chi connectivity index (χ2n) is 4.11. The highest BCUT2D eigenvalue weighted by Gasteiger charge is 2.00. The molecule has 0 radical (unpaired) electrons. The van der Waals surface area contributed by atoms with E-state index in [0.717, 1.165) is 51.0 Å². The van der Waals surface area contributed by atoms with Crippen molar-refractivity contribution in [2.75, 3.05) is 33.4 Å². The third-order valence-electron chi connectivity index (χ3n) is 2.81.